The number of benzene rings is 1. The number of carbonyl (C=O) groups is 1. The quantitative estimate of drug-likeness (QED) is 0.881. The van der Waals surface area contributed by atoms with Crippen LogP contribution in [0.4, 0.5) is 13.2 Å². The van der Waals surface area contributed by atoms with Gasteiger partial charge in [0.25, 0.3) is 0 Å². The predicted octanol–water partition coefficient (Wildman–Crippen LogP) is 4.15. The molecular formula is C17H23F3N2O. The molecule has 1 aliphatic rings. The summed E-state index contributed by atoms with van der Waals surface area (Å²) in [5.41, 5.74) is 2.43. The lowest BCUT2D eigenvalue weighted by Gasteiger charge is -2.38. The molecule has 1 saturated heterocycles. The van der Waals surface area contributed by atoms with Gasteiger partial charge in [0.05, 0.1) is 0 Å². The first-order valence-electron chi connectivity index (χ1n) is 7.90. The van der Waals surface area contributed by atoms with Gasteiger partial charge in [-0.05, 0) is 37.8 Å². The first-order valence-corrected chi connectivity index (χ1v) is 7.90. The van der Waals surface area contributed by atoms with E-state index in [1.807, 2.05) is 6.92 Å². The summed E-state index contributed by atoms with van der Waals surface area (Å²) in [5.74, 6) is -0.379. The molecule has 0 unspecified atom stereocenters. The van der Waals surface area contributed by atoms with Gasteiger partial charge in [0.2, 0.25) is 5.91 Å². The fourth-order valence-corrected chi connectivity index (χ4v) is 3.07. The number of unbranched alkanes of at least 4 members (excludes halogenated alkanes) is 1. The van der Waals surface area contributed by atoms with Gasteiger partial charge in [-0.1, -0.05) is 37.6 Å². The maximum absolute atomic E-state index is 13.8. The number of nitrogens with one attached hydrogen (secondary N) is 1. The minimum Gasteiger partial charge on any atom is -0.287 e. The van der Waals surface area contributed by atoms with Crippen LogP contribution in [-0.4, -0.2) is 22.6 Å². The Morgan fingerprint density at radius 3 is 2.48 bits per heavy atom. The van der Waals surface area contributed by atoms with Gasteiger partial charge in [0.15, 0.2) is 6.04 Å². The number of carbonyl (C=O) groups excluding carboxylic acids is 1. The normalized spacial score (nSPS) is 19.7. The Labute approximate surface area is 134 Å². The molecule has 23 heavy (non-hydrogen) atoms. The van der Waals surface area contributed by atoms with Gasteiger partial charge in [0.1, 0.15) is 0 Å². The molecule has 1 amide bonds. The van der Waals surface area contributed by atoms with Crippen molar-refractivity contribution in [2.24, 2.45) is 0 Å². The molecule has 3 nitrogen and oxygen atoms in total. The Hall–Kier alpha value is -1.56. The third-order valence-electron chi connectivity index (χ3n) is 4.21. The number of hydrazine groups is 1. The predicted molar refractivity (Wildman–Crippen MR) is 82.5 cm³/mol. The largest absolute Gasteiger partial charge is 0.409 e. The van der Waals surface area contributed by atoms with E-state index in [1.54, 1.807) is 32.0 Å². The molecule has 6 heteroatoms. The van der Waals surface area contributed by atoms with Crippen LogP contribution >= 0.6 is 0 Å². The van der Waals surface area contributed by atoms with Crippen LogP contribution in [0.25, 0.3) is 0 Å². The minimum absolute atomic E-state index is 0.0523. The Balaban J connectivity index is 2.47. The van der Waals surface area contributed by atoms with Crippen molar-refractivity contribution in [1.29, 1.82) is 0 Å². The average Bonchev–Trinajstić information content (AvgIpc) is 2.69. The lowest BCUT2D eigenvalue weighted by Crippen LogP contribution is -2.51. The van der Waals surface area contributed by atoms with Crippen LogP contribution < -0.4 is 5.43 Å². The molecule has 0 aromatic heterocycles. The standard InChI is InChI=1S/C17H23F3N2O/c1-4-5-8-12-9-6-7-10-13(12)15(17(18,19)20)22-16(2,3)11-14(23)21-22/h6-7,9-10,15H,4-5,8,11H2,1-3H3,(H,21,23)/t15-/m0/s1. The third-order valence-corrected chi connectivity index (χ3v) is 4.21. The fraction of sp³-hybridized carbons (Fsp3) is 0.588. The molecule has 0 bridgehead atoms. The van der Waals surface area contributed by atoms with Crippen molar-refractivity contribution in [2.75, 3.05) is 0 Å². The SMILES string of the molecule is CCCCc1ccccc1[C@H](N1NC(=O)CC1(C)C)C(F)(F)F. The number of halogens is 3. The lowest BCUT2D eigenvalue weighted by molar-refractivity contribution is -0.204. The van der Waals surface area contributed by atoms with E-state index in [1.165, 1.54) is 6.07 Å². The zero-order chi connectivity index (χ0) is 17.3. The monoisotopic (exact) mass is 328 g/mol. The molecule has 0 spiro atoms. The summed E-state index contributed by atoms with van der Waals surface area (Å²) in [6, 6.07) is 4.81. The summed E-state index contributed by atoms with van der Waals surface area (Å²) in [6.45, 7) is 5.31. The molecule has 0 radical (unpaired) electrons. The van der Waals surface area contributed by atoms with Crippen LogP contribution in [-0.2, 0) is 11.2 Å². The van der Waals surface area contributed by atoms with Crippen LogP contribution in [0.5, 0.6) is 0 Å². The van der Waals surface area contributed by atoms with E-state index in [4.69, 9.17) is 0 Å². The highest BCUT2D eigenvalue weighted by atomic mass is 19.4. The molecule has 1 heterocycles. The Kier molecular flexibility index (Phi) is 5.04. The van der Waals surface area contributed by atoms with Crippen molar-refractivity contribution >= 4 is 5.91 Å². The van der Waals surface area contributed by atoms with Gasteiger partial charge >= 0.3 is 6.18 Å². The molecular weight excluding hydrogens is 305 g/mol. The average molecular weight is 328 g/mol. The molecule has 1 N–H and O–H groups in total. The zero-order valence-corrected chi connectivity index (χ0v) is 13.7. The van der Waals surface area contributed by atoms with Crippen molar-refractivity contribution in [3.05, 3.63) is 35.4 Å². The van der Waals surface area contributed by atoms with Crippen LogP contribution in [0.2, 0.25) is 0 Å². The van der Waals surface area contributed by atoms with Gasteiger partial charge in [-0.25, -0.2) is 0 Å². The van der Waals surface area contributed by atoms with Gasteiger partial charge in [0, 0.05) is 12.0 Å². The van der Waals surface area contributed by atoms with Gasteiger partial charge in [-0.3, -0.25) is 10.2 Å². The fourth-order valence-electron chi connectivity index (χ4n) is 3.07. The van der Waals surface area contributed by atoms with E-state index in [9.17, 15) is 18.0 Å². The molecule has 0 saturated carbocycles. The number of amides is 1. The Morgan fingerprint density at radius 2 is 1.96 bits per heavy atom. The highest BCUT2D eigenvalue weighted by Crippen LogP contribution is 2.43. The van der Waals surface area contributed by atoms with Gasteiger partial charge < -0.3 is 0 Å². The van der Waals surface area contributed by atoms with Gasteiger partial charge in [-0.15, -0.1) is 0 Å². The highest BCUT2D eigenvalue weighted by Gasteiger charge is 2.53. The Morgan fingerprint density at radius 1 is 1.30 bits per heavy atom. The van der Waals surface area contributed by atoms with Crippen molar-refractivity contribution in [1.82, 2.24) is 10.4 Å². The van der Waals surface area contributed by atoms with E-state index < -0.39 is 17.8 Å². The maximum Gasteiger partial charge on any atom is 0.409 e. The number of alkyl halides is 3. The van der Waals surface area contributed by atoms with Crippen LogP contribution in [0, 0.1) is 0 Å². The van der Waals surface area contributed by atoms with Gasteiger partial charge in [-0.2, -0.15) is 18.2 Å². The zero-order valence-electron chi connectivity index (χ0n) is 13.7. The molecule has 1 aliphatic heterocycles. The molecule has 1 atom stereocenters. The van der Waals surface area contributed by atoms with Crippen molar-refractivity contribution in [3.63, 3.8) is 0 Å². The summed E-state index contributed by atoms with van der Waals surface area (Å²) in [7, 11) is 0. The number of nitrogens with zero attached hydrogens (tertiary/aromatic N) is 1. The Bertz CT molecular complexity index is 569. The van der Waals surface area contributed by atoms with E-state index in [-0.39, 0.29) is 17.9 Å². The summed E-state index contributed by atoms with van der Waals surface area (Å²) in [4.78, 5) is 11.7. The second-order valence-electron chi connectivity index (χ2n) is 6.64. The summed E-state index contributed by atoms with van der Waals surface area (Å²) < 4.78 is 41.5. The summed E-state index contributed by atoms with van der Waals surface area (Å²) in [5, 5.41) is 1.07. The number of rotatable bonds is 5. The second-order valence-corrected chi connectivity index (χ2v) is 6.64. The lowest BCUT2D eigenvalue weighted by atomic mass is 9.92. The smallest absolute Gasteiger partial charge is 0.287 e. The minimum atomic E-state index is -4.47. The van der Waals surface area contributed by atoms with E-state index >= 15 is 0 Å². The van der Waals surface area contributed by atoms with Crippen LogP contribution in [0.1, 0.15) is 57.2 Å². The van der Waals surface area contributed by atoms with E-state index in [2.05, 4.69) is 5.43 Å². The highest BCUT2D eigenvalue weighted by molar-refractivity contribution is 5.79. The number of hydrogen-bond donors (Lipinski definition) is 1. The van der Waals surface area contributed by atoms with Crippen LogP contribution in [0.3, 0.4) is 0 Å². The maximum atomic E-state index is 13.8. The van der Waals surface area contributed by atoms with E-state index in [0.717, 1.165) is 17.9 Å². The molecule has 1 fully saturated rings. The van der Waals surface area contributed by atoms with Crippen molar-refractivity contribution < 1.29 is 18.0 Å². The summed E-state index contributed by atoms with van der Waals surface area (Å²) >= 11 is 0. The first-order chi connectivity index (χ1) is 10.7. The van der Waals surface area contributed by atoms with Crippen LogP contribution in [0.15, 0.2) is 24.3 Å². The second kappa shape index (κ2) is 6.51. The van der Waals surface area contributed by atoms with Crippen molar-refractivity contribution in [3.8, 4) is 0 Å². The molecule has 1 aromatic rings. The first kappa shape index (κ1) is 17.8. The number of hydrogen-bond acceptors (Lipinski definition) is 2. The van der Waals surface area contributed by atoms with E-state index in [0.29, 0.717) is 12.0 Å². The van der Waals surface area contributed by atoms with Crippen molar-refractivity contribution in [2.45, 2.75) is 64.2 Å². The number of aryl methyl sites for hydroxylation is 1. The molecule has 128 valence electrons. The third kappa shape index (κ3) is 3.86. The molecule has 2 rings (SSSR count). The topological polar surface area (TPSA) is 32.3 Å². The molecule has 1 aromatic carbocycles. The molecule has 0 aliphatic carbocycles. The summed E-state index contributed by atoms with van der Waals surface area (Å²) in [6.07, 6.45) is -2.08.